The van der Waals surface area contributed by atoms with E-state index in [-0.39, 0.29) is 17.4 Å². The van der Waals surface area contributed by atoms with Crippen LogP contribution in [-0.2, 0) is 17.9 Å². The van der Waals surface area contributed by atoms with E-state index in [0.717, 1.165) is 5.16 Å². The molecule has 0 bridgehead atoms. The van der Waals surface area contributed by atoms with Crippen LogP contribution in [-0.4, -0.2) is 40.3 Å². The first-order chi connectivity index (χ1) is 13.6. The van der Waals surface area contributed by atoms with Gasteiger partial charge in [-0.05, 0) is 23.3 Å². The lowest BCUT2D eigenvalue weighted by atomic mass is 10.2. The smallest absolute Gasteiger partial charge is 0.233 e. The quantitative estimate of drug-likeness (QED) is 0.540. The number of carbonyl (C=O) groups excluding carboxylic acids is 1. The topological polar surface area (TPSA) is 47.4 Å². The van der Waals surface area contributed by atoms with Crippen LogP contribution in [0, 0.1) is 5.82 Å². The van der Waals surface area contributed by atoms with Crippen LogP contribution in [0.25, 0.3) is 0 Å². The van der Waals surface area contributed by atoms with Crippen molar-refractivity contribution in [2.45, 2.75) is 18.2 Å². The molecule has 3 rings (SSSR count). The van der Waals surface area contributed by atoms with Gasteiger partial charge < -0.3 is 14.2 Å². The number of halogens is 1. The molecule has 3 aromatic rings. The van der Waals surface area contributed by atoms with E-state index in [4.69, 9.17) is 4.74 Å². The molecule has 0 atom stereocenters. The molecule has 146 valence electrons. The van der Waals surface area contributed by atoms with Gasteiger partial charge in [-0.25, -0.2) is 9.37 Å². The molecule has 0 N–H and O–H groups in total. The molecular formula is C21H22FN3O2S. The summed E-state index contributed by atoms with van der Waals surface area (Å²) in [6, 6.07) is 14.8. The SMILES string of the molecule is COc1ccc(CN(C)C(=O)CSc2nccn2Cc2ccccc2)cc1F. The second kappa shape index (κ2) is 9.41. The number of methoxy groups -OCH3 is 1. The normalized spacial score (nSPS) is 10.7. The lowest BCUT2D eigenvalue weighted by Gasteiger charge is -2.17. The van der Waals surface area contributed by atoms with Crippen LogP contribution < -0.4 is 4.74 Å². The van der Waals surface area contributed by atoms with Gasteiger partial charge in [-0.2, -0.15) is 0 Å². The Hall–Kier alpha value is -2.80. The lowest BCUT2D eigenvalue weighted by molar-refractivity contribution is -0.127. The summed E-state index contributed by atoms with van der Waals surface area (Å²) in [6.07, 6.45) is 3.64. The highest BCUT2D eigenvalue weighted by Gasteiger charge is 2.13. The first kappa shape index (κ1) is 19.9. The van der Waals surface area contributed by atoms with Crippen LogP contribution in [0.5, 0.6) is 5.75 Å². The number of hydrogen-bond acceptors (Lipinski definition) is 4. The summed E-state index contributed by atoms with van der Waals surface area (Å²) >= 11 is 1.40. The van der Waals surface area contributed by atoms with E-state index < -0.39 is 5.82 Å². The van der Waals surface area contributed by atoms with Gasteiger partial charge in [0.25, 0.3) is 0 Å². The minimum Gasteiger partial charge on any atom is -0.494 e. The van der Waals surface area contributed by atoms with Crippen LogP contribution in [0.4, 0.5) is 4.39 Å². The highest BCUT2D eigenvalue weighted by molar-refractivity contribution is 7.99. The molecule has 0 aliphatic rings. The van der Waals surface area contributed by atoms with Gasteiger partial charge in [0.2, 0.25) is 5.91 Å². The van der Waals surface area contributed by atoms with Crippen molar-refractivity contribution >= 4 is 17.7 Å². The zero-order chi connectivity index (χ0) is 19.9. The molecule has 0 spiro atoms. The Bertz CT molecular complexity index is 930. The summed E-state index contributed by atoms with van der Waals surface area (Å²) in [5, 5.41) is 0.793. The summed E-state index contributed by atoms with van der Waals surface area (Å²) in [4.78, 5) is 18.4. The summed E-state index contributed by atoms with van der Waals surface area (Å²) in [6.45, 7) is 1.04. The number of aromatic nitrogens is 2. The van der Waals surface area contributed by atoms with Crippen molar-refractivity contribution in [3.63, 3.8) is 0 Å². The van der Waals surface area contributed by atoms with Gasteiger partial charge in [0, 0.05) is 32.5 Å². The maximum atomic E-state index is 13.8. The number of benzene rings is 2. The molecule has 2 aromatic carbocycles. The summed E-state index contributed by atoms with van der Waals surface area (Å²) in [7, 11) is 3.13. The molecule has 0 aliphatic carbocycles. The lowest BCUT2D eigenvalue weighted by Crippen LogP contribution is -2.28. The number of imidazole rings is 1. The van der Waals surface area contributed by atoms with Crippen LogP contribution in [0.1, 0.15) is 11.1 Å². The zero-order valence-corrected chi connectivity index (χ0v) is 16.7. The molecule has 0 fully saturated rings. The Kier molecular flexibility index (Phi) is 6.71. The van der Waals surface area contributed by atoms with E-state index in [1.807, 2.05) is 29.0 Å². The Labute approximate surface area is 168 Å². The molecule has 28 heavy (non-hydrogen) atoms. The second-order valence-corrected chi connectivity index (χ2v) is 7.27. The molecule has 0 aliphatic heterocycles. The number of hydrogen-bond donors (Lipinski definition) is 0. The highest BCUT2D eigenvalue weighted by atomic mass is 32.2. The number of ether oxygens (including phenoxy) is 1. The average Bonchev–Trinajstić information content (AvgIpc) is 3.14. The molecule has 0 radical (unpaired) electrons. The van der Waals surface area contributed by atoms with E-state index in [1.165, 1.54) is 30.5 Å². The largest absolute Gasteiger partial charge is 0.494 e. The first-order valence-corrected chi connectivity index (χ1v) is 9.79. The van der Waals surface area contributed by atoms with Gasteiger partial charge in [0.05, 0.1) is 12.9 Å². The predicted octanol–water partition coefficient (Wildman–Crippen LogP) is 3.83. The van der Waals surface area contributed by atoms with Crippen molar-refractivity contribution in [2.75, 3.05) is 19.9 Å². The Morgan fingerprint density at radius 1 is 1.21 bits per heavy atom. The van der Waals surface area contributed by atoms with Gasteiger partial charge in [0.15, 0.2) is 16.7 Å². The summed E-state index contributed by atoms with van der Waals surface area (Å²) < 4.78 is 20.8. The Morgan fingerprint density at radius 3 is 2.71 bits per heavy atom. The molecule has 1 aromatic heterocycles. The van der Waals surface area contributed by atoms with Crippen molar-refractivity contribution < 1.29 is 13.9 Å². The minimum atomic E-state index is -0.432. The Morgan fingerprint density at radius 2 is 2.00 bits per heavy atom. The van der Waals surface area contributed by atoms with Gasteiger partial charge in [-0.15, -0.1) is 0 Å². The minimum absolute atomic E-state index is 0.0458. The number of amides is 1. The first-order valence-electron chi connectivity index (χ1n) is 8.81. The van der Waals surface area contributed by atoms with Crippen molar-refractivity contribution in [3.05, 3.63) is 77.9 Å². The van der Waals surface area contributed by atoms with Gasteiger partial charge in [0.1, 0.15) is 0 Å². The molecule has 0 saturated heterocycles. The van der Waals surface area contributed by atoms with Crippen LogP contribution in [0.15, 0.2) is 66.1 Å². The van der Waals surface area contributed by atoms with E-state index in [2.05, 4.69) is 17.1 Å². The molecule has 0 unspecified atom stereocenters. The van der Waals surface area contributed by atoms with E-state index in [0.29, 0.717) is 18.7 Å². The number of carbonyl (C=O) groups is 1. The third-order valence-corrected chi connectivity index (χ3v) is 5.25. The zero-order valence-electron chi connectivity index (χ0n) is 15.8. The number of rotatable bonds is 8. The van der Waals surface area contributed by atoms with E-state index in [9.17, 15) is 9.18 Å². The monoisotopic (exact) mass is 399 g/mol. The predicted molar refractivity (Wildman–Crippen MR) is 108 cm³/mol. The molecule has 1 heterocycles. The Balaban J connectivity index is 1.55. The second-order valence-electron chi connectivity index (χ2n) is 6.33. The van der Waals surface area contributed by atoms with Crippen molar-refractivity contribution in [1.29, 1.82) is 0 Å². The fourth-order valence-corrected chi connectivity index (χ4v) is 3.64. The molecular weight excluding hydrogens is 377 g/mol. The fourth-order valence-electron chi connectivity index (χ4n) is 2.74. The van der Waals surface area contributed by atoms with E-state index in [1.54, 1.807) is 30.3 Å². The van der Waals surface area contributed by atoms with Crippen molar-refractivity contribution in [3.8, 4) is 5.75 Å². The van der Waals surface area contributed by atoms with Crippen molar-refractivity contribution in [1.82, 2.24) is 14.5 Å². The molecule has 0 saturated carbocycles. The van der Waals surface area contributed by atoms with Gasteiger partial charge in [-0.1, -0.05) is 48.2 Å². The van der Waals surface area contributed by atoms with Gasteiger partial charge >= 0.3 is 0 Å². The third kappa shape index (κ3) is 5.13. The maximum absolute atomic E-state index is 13.8. The van der Waals surface area contributed by atoms with Crippen LogP contribution in [0.3, 0.4) is 0 Å². The number of thioether (sulfide) groups is 1. The summed E-state index contributed by atoms with van der Waals surface area (Å²) in [5.41, 5.74) is 1.89. The fraction of sp³-hybridized carbons (Fsp3) is 0.238. The maximum Gasteiger partial charge on any atom is 0.233 e. The third-order valence-electron chi connectivity index (χ3n) is 4.26. The van der Waals surface area contributed by atoms with E-state index >= 15 is 0 Å². The molecule has 1 amide bonds. The summed E-state index contributed by atoms with van der Waals surface area (Å²) in [5.74, 6) is -0.0202. The van der Waals surface area contributed by atoms with Crippen LogP contribution in [0.2, 0.25) is 0 Å². The number of nitrogens with zero attached hydrogens (tertiary/aromatic N) is 3. The van der Waals surface area contributed by atoms with Gasteiger partial charge in [-0.3, -0.25) is 4.79 Å². The standard InChI is InChI=1S/C21H22FN3O2S/c1-24(13-17-8-9-19(27-2)18(22)12-17)20(26)15-28-21-23-10-11-25(21)14-16-6-4-3-5-7-16/h3-12H,13-15H2,1-2H3. The van der Waals surface area contributed by atoms with Crippen molar-refractivity contribution in [2.24, 2.45) is 0 Å². The average molecular weight is 399 g/mol. The highest BCUT2D eigenvalue weighted by Crippen LogP contribution is 2.20. The molecule has 7 heteroatoms. The van der Waals surface area contributed by atoms with Crippen LogP contribution >= 0.6 is 11.8 Å². The molecule has 5 nitrogen and oxygen atoms in total.